The molecule has 0 bridgehead atoms. The number of pyridine rings is 1. The first-order valence-corrected chi connectivity index (χ1v) is 9.51. The predicted octanol–water partition coefficient (Wildman–Crippen LogP) is 2.64. The zero-order valence-corrected chi connectivity index (χ0v) is 15.7. The summed E-state index contributed by atoms with van der Waals surface area (Å²) in [5.41, 5.74) is 3.22. The van der Waals surface area contributed by atoms with Crippen molar-refractivity contribution >= 4 is 5.69 Å². The smallest absolute Gasteiger partial charge is 0.0702 e. The van der Waals surface area contributed by atoms with Gasteiger partial charge >= 0.3 is 0 Å². The number of aromatic nitrogens is 1. The van der Waals surface area contributed by atoms with Crippen molar-refractivity contribution in [3.8, 4) is 11.3 Å². The second kappa shape index (κ2) is 11.7. The number of rotatable bonds is 2. The van der Waals surface area contributed by atoms with Gasteiger partial charge in [-0.15, -0.1) is 0 Å². The van der Waals surface area contributed by atoms with Crippen LogP contribution in [-0.4, -0.2) is 70.9 Å². The molecule has 6 heteroatoms. The summed E-state index contributed by atoms with van der Waals surface area (Å²) < 4.78 is 22.4. The van der Waals surface area contributed by atoms with Crippen molar-refractivity contribution in [3.05, 3.63) is 48.7 Å². The van der Waals surface area contributed by atoms with Crippen LogP contribution in [-0.2, 0) is 18.9 Å². The summed E-state index contributed by atoms with van der Waals surface area (Å²) in [5.74, 6) is 0. The molecule has 0 N–H and O–H groups in total. The third-order valence-corrected chi connectivity index (χ3v) is 4.30. The lowest BCUT2D eigenvalue weighted by molar-refractivity contribution is 0.00206. The highest BCUT2D eigenvalue weighted by atomic mass is 16.6. The van der Waals surface area contributed by atoms with Gasteiger partial charge in [-0.1, -0.05) is 18.2 Å². The summed E-state index contributed by atoms with van der Waals surface area (Å²) in [6.45, 7) is 6.45. The largest absolute Gasteiger partial charge is 0.377 e. The Kier molecular flexibility index (Phi) is 8.54. The monoisotopic (exact) mass is 372 g/mol. The van der Waals surface area contributed by atoms with Crippen LogP contribution >= 0.6 is 0 Å². The summed E-state index contributed by atoms with van der Waals surface area (Å²) in [7, 11) is 0. The van der Waals surface area contributed by atoms with E-state index in [9.17, 15) is 0 Å². The molecular weight excluding hydrogens is 344 g/mol. The Morgan fingerprint density at radius 1 is 0.667 bits per heavy atom. The average Bonchev–Trinajstić information content (AvgIpc) is 2.74. The highest BCUT2D eigenvalue weighted by molar-refractivity contribution is 5.65. The molecule has 3 rings (SSSR count). The Morgan fingerprint density at radius 3 is 1.89 bits per heavy atom. The quantitative estimate of drug-likeness (QED) is 0.808. The van der Waals surface area contributed by atoms with E-state index < -0.39 is 0 Å². The van der Waals surface area contributed by atoms with E-state index in [1.54, 1.807) is 0 Å². The van der Waals surface area contributed by atoms with Crippen molar-refractivity contribution in [2.75, 3.05) is 70.8 Å². The lowest BCUT2D eigenvalue weighted by atomic mass is 10.1. The van der Waals surface area contributed by atoms with Gasteiger partial charge in [0.25, 0.3) is 0 Å². The van der Waals surface area contributed by atoms with Crippen LogP contribution < -0.4 is 4.90 Å². The van der Waals surface area contributed by atoms with Crippen LogP contribution in [0.3, 0.4) is 0 Å². The first-order chi connectivity index (χ1) is 13.4. The molecule has 0 radical (unpaired) electrons. The first-order valence-electron chi connectivity index (χ1n) is 9.51. The molecular formula is C21H28N2O4. The standard InChI is InChI=1S/C21H28N2O4/c1-2-7-22-21(6-1)19-4-3-5-20(18-19)23-8-10-24-12-14-26-16-17-27-15-13-25-11-9-23/h1-7,18H,8-17H2. The van der Waals surface area contributed by atoms with Gasteiger partial charge < -0.3 is 23.8 Å². The minimum absolute atomic E-state index is 0.592. The fraction of sp³-hybridized carbons (Fsp3) is 0.476. The van der Waals surface area contributed by atoms with Crippen LogP contribution in [0.5, 0.6) is 0 Å². The molecule has 0 atom stereocenters. The maximum Gasteiger partial charge on any atom is 0.0702 e. The number of ether oxygens (including phenoxy) is 4. The SMILES string of the molecule is c1ccc(-c2cccc(N3CCOCCOCCOCCOCC3)c2)nc1. The van der Waals surface area contributed by atoms with Crippen LogP contribution in [0.4, 0.5) is 5.69 Å². The minimum Gasteiger partial charge on any atom is -0.377 e. The molecule has 1 saturated heterocycles. The van der Waals surface area contributed by atoms with Crippen molar-refractivity contribution in [2.45, 2.75) is 0 Å². The van der Waals surface area contributed by atoms with Crippen LogP contribution in [0.25, 0.3) is 11.3 Å². The maximum atomic E-state index is 5.72. The summed E-state index contributed by atoms with van der Waals surface area (Å²) in [6, 6.07) is 14.4. The Balaban J connectivity index is 1.65. The van der Waals surface area contributed by atoms with E-state index >= 15 is 0 Å². The lowest BCUT2D eigenvalue weighted by Crippen LogP contribution is -2.31. The molecule has 1 aromatic carbocycles. The molecule has 2 aromatic rings. The van der Waals surface area contributed by atoms with E-state index in [0.29, 0.717) is 52.9 Å². The normalized spacial score (nSPS) is 18.4. The summed E-state index contributed by atoms with van der Waals surface area (Å²) in [5, 5.41) is 0. The molecule has 0 unspecified atom stereocenters. The molecule has 1 aromatic heterocycles. The second-order valence-electron chi connectivity index (χ2n) is 6.20. The van der Waals surface area contributed by atoms with E-state index in [1.165, 1.54) is 0 Å². The van der Waals surface area contributed by atoms with Gasteiger partial charge in [0.2, 0.25) is 0 Å². The second-order valence-corrected chi connectivity index (χ2v) is 6.20. The van der Waals surface area contributed by atoms with Crippen molar-refractivity contribution in [1.82, 2.24) is 4.98 Å². The topological polar surface area (TPSA) is 53.1 Å². The van der Waals surface area contributed by atoms with E-state index in [1.807, 2.05) is 24.4 Å². The average molecular weight is 372 g/mol. The summed E-state index contributed by atoms with van der Waals surface area (Å²) in [6.07, 6.45) is 1.82. The van der Waals surface area contributed by atoms with Gasteiger partial charge in [0.15, 0.2) is 0 Å². The number of hydrogen-bond donors (Lipinski definition) is 0. The Labute approximate surface area is 161 Å². The zero-order chi connectivity index (χ0) is 18.6. The molecule has 146 valence electrons. The van der Waals surface area contributed by atoms with Crippen molar-refractivity contribution in [2.24, 2.45) is 0 Å². The van der Waals surface area contributed by atoms with E-state index in [4.69, 9.17) is 18.9 Å². The number of benzene rings is 1. The Morgan fingerprint density at radius 2 is 1.30 bits per heavy atom. The first kappa shape index (κ1) is 19.8. The molecule has 27 heavy (non-hydrogen) atoms. The number of nitrogens with zero attached hydrogens (tertiary/aromatic N) is 2. The van der Waals surface area contributed by atoms with Crippen molar-refractivity contribution < 1.29 is 18.9 Å². The molecule has 0 aliphatic carbocycles. The van der Waals surface area contributed by atoms with Crippen LogP contribution in [0.15, 0.2) is 48.7 Å². The molecule has 0 spiro atoms. The van der Waals surface area contributed by atoms with Gasteiger partial charge in [-0.2, -0.15) is 0 Å². The minimum atomic E-state index is 0.592. The highest BCUT2D eigenvalue weighted by Crippen LogP contribution is 2.23. The van der Waals surface area contributed by atoms with Gasteiger partial charge in [-0.3, -0.25) is 4.98 Å². The van der Waals surface area contributed by atoms with E-state index in [0.717, 1.165) is 30.0 Å². The van der Waals surface area contributed by atoms with Crippen LogP contribution in [0, 0.1) is 0 Å². The van der Waals surface area contributed by atoms with Crippen molar-refractivity contribution in [3.63, 3.8) is 0 Å². The molecule has 0 amide bonds. The molecule has 0 saturated carbocycles. The third kappa shape index (κ3) is 6.92. The third-order valence-electron chi connectivity index (χ3n) is 4.30. The summed E-state index contributed by atoms with van der Waals surface area (Å²) >= 11 is 0. The maximum absolute atomic E-state index is 5.72. The fourth-order valence-electron chi connectivity index (χ4n) is 2.88. The highest BCUT2D eigenvalue weighted by Gasteiger charge is 2.09. The molecule has 6 nitrogen and oxygen atoms in total. The van der Waals surface area contributed by atoms with Crippen LogP contribution in [0.2, 0.25) is 0 Å². The summed E-state index contributed by atoms with van der Waals surface area (Å²) in [4.78, 5) is 6.74. The zero-order valence-electron chi connectivity index (χ0n) is 15.7. The van der Waals surface area contributed by atoms with Gasteiger partial charge in [-0.05, 0) is 24.3 Å². The van der Waals surface area contributed by atoms with Crippen molar-refractivity contribution in [1.29, 1.82) is 0 Å². The number of hydrogen-bond acceptors (Lipinski definition) is 6. The van der Waals surface area contributed by atoms with Gasteiger partial charge in [0, 0.05) is 30.5 Å². The van der Waals surface area contributed by atoms with Gasteiger partial charge in [0.05, 0.1) is 58.5 Å². The Hall–Kier alpha value is -1.99. The number of anilines is 1. The fourth-order valence-corrected chi connectivity index (χ4v) is 2.88. The molecule has 2 heterocycles. The van der Waals surface area contributed by atoms with E-state index in [-0.39, 0.29) is 0 Å². The Bertz CT molecular complexity index is 638. The molecule has 1 aliphatic heterocycles. The predicted molar refractivity (Wildman–Crippen MR) is 105 cm³/mol. The molecule has 1 aliphatic rings. The van der Waals surface area contributed by atoms with Crippen LogP contribution in [0.1, 0.15) is 0 Å². The lowest BCUT2D eigenvalue weighted by Gasteiger charge is -2.25. The molecule has 1 fully saturated rings. The van der Waals surface area contributed by atoms with Gasteiger partial charge in [-0.25, -0.2) is 0 Å². The van der Waals surface area contributed by atoms with Gasteiger partial charge in [0.1, 0.15) is 0 Å². The van der Waals surface area contributed by atoms with E-state index in [2.05, 4.69) is 34.1 Å².